The number of nitrogens with one attached hydrogen (secondary N) is 1. The van der Waals surface area contributed by atoms with E-state index in [0.717, 1.165) is 15.8 Å². The second-order valence-corrected chi connectivity index (χ2v) is 9.58. The Morgan fingerprint density at radius 1 is 1.44 bits per heavy atom. The van der Waals surface area contributed by atoms with Crippen molar-refractivity contribution in [3.8, 4) is 0 Å². The highest BCUT2D eigenvalue weighted by molar-refractivity contribution is 9.11. The first kappa shape index (κ1) is 16.6. The first-order valence-electron chi connectivity index (χ1n) is 5.60. The van der Waals surface area contributed by atoms with E-state index in [4.69, 9.17) is 0 Å². The molecule has 0 fully saturated rings. The summed E-state index contributed by atoms with van der Waals surface area (Å²) in [6.07, 6.45) is 0.815. The number of halogens is 2. The molecule has 1 unspecified atom stereocenters. The maximum atomic E-state index is 12.2. The molecule has 7 heteroatoms. The summed E-state index contributed by atoms with van der Waals surface area (Å²) < 4.78 is 28.4. The molecule has 1 atom stereocenters. The Morgan fingerprint density at radius 3 is 2.44 bits per heavy atom. The number of hydrogen-bond acceptors (Lipinski definition) is 3. The standard InChI is InChI=1S/C11H17Br2NO2S2/c1-7(2)4-9(6-12)14-18(15,16)10-5-8(3)11(13)17-10/h5,7,9,14H,4,6H2,1-3H3. The molecule has 0 radical (unpaired) electrons. The van der Waals surface area contributed by atoms with Gasteiger partial charge in [-0.2, -0.15) is 0 Å². The van der Waals surface area contributed by atoms with Crippen LogP contribution < -0.4 is 4.72 Å². The van der Waals surface area contributed by atoms with Crippen LogP contribution >= 0.6 is 43.2 Å². The van der Waals surface area contributed by atoms with Crippen LogP contribution in [0, 0.1) is 12.8 Å². The molecule has 104 valence electrons. The van der Waals surface area contributed by atoms with Gasteiger partial charge < -0.3 is 0 Å². The Bertz CT molecular complexity index is 478. The molecule has 1 heterocycles. The van der Waals surface area contributed by atoms with Crippen LogP contribution in [0.25, 0.3) is 0 Å². The molecular formula is C11H17Br2NO2S2. The van der Waals surface area contributed by atoms with Crippen LogP contribution in [0.2, 0.25) is 0 Å². The lowest BCUT2D eigenvalue weighted by molar-refractivity contribution is 0.489. The van der Waals surface area contributed by atoms with Crippen molar-refractivity contribution in [2.75, 3.05) is 5.33 Å². The Labute approximate surface area is 130 Å². The lowest BCUT2D eigenvalue weighted by Gasteiger charge is -2.17. The van der Waals surface area contributed by atoms with Crippen molar-refractivity contribution in [3.63, 3.8) is 0 Å². The first-order chi connectivity index (χ1) is 8.26. The summed E-state index contributed by atoms with van der Waals surface area (Å²) in [4.78, 5) is 0. The molecule has 0 saturated heterocycles. The quantitative estimate of drug-likeness (QED) is 0.711. The van der Waals surface area contributed by atoms with Crippen LogP contribution in [0.3, 0.4) is 0 Å². The molecule has 1 aromatic rings. The zero-order valence-corrected chi connectivity index (χ0v) is 15.3. The second kappa shape index (κ2) is 6.83. The molecule has 1 N–H and O–H groups in total. The van der Waals surface area contributed by atoms with Gasteiger partial charge in [-0.3, -0.25) is 0 Å². The monoisotopic (exact) mass is 417 g/mol. The minimum absolute atomic E-state index is 0.0730. The lowest BCUT2D eigenvalue weighted by Crippen LogP contribution is -2.36. The maximum Gasteiger partial charge on any atom is 0.250 e. The molecule has 0 aromatic carbocycles. The first-order valence-corrected chi connectivity index (χ1v) is 9.82. The fourth-order valence-corrected chi connectivity index (χ4v) is 5.68. The zero-order chi connectivity index (χ0) is 13.9. The van der Waals surface area contributed by atoms with Crippen molar-refractivity contribution in [3.05, 3.63) is 15.4 Å². The molecule has 1 rings (SSSR count). The number of aryl methyl sites for hydroxylation is 1. The molecule has 0 bridgehead atoms. The van der Waals surface area contributed by atoms with Crippen molar-refractivity contribution in [1.29, 1.82) is 0 Å². The molecule has 0 aliphatic rings. The Balaban J connectivity index is 2.87. The van der Waals surface area contributed by atoms with Crippen molar-refractivity contribution < 1.29 is 8.42 Å². The van der Waals surface area contributed by atoms with E-state index in [0.29, 0.717) is 15.5 Å². The van der Waals surface area contributed by atoms with Crippen LogP contribution in [0.1, 0.15) is 25.8 Å². The number of thiophene rings is 1. The molecular weight excluding hydrogens is 402 g/mol. The highest BCUT2D eigenvalue weighted by atomic mass is 79.9. The van der Waals surface area contributed by atoms with Crippen LogP contribution in [0.4, 0.5) is 0 Å². The average molecular weight is 419 g/mol. The number of rotatable bonds is 6. The van der Waals surface area contributed by atoms with Crippen molar-refractivity contribution in [1.82, 2.24) is 4.72 Å². The molecule has 18 heavy (non-hydrogen) atoms. The fraction of sp³-hybridized carbons (Fsp3) is 0.636. The summed E-state index contributed by atoms with van der Waals surface area (Å²) in [7, 11) is -3.41. The van der Waals surface area contributed by atoms with Crippen molar-refractivity contribution in [2.45, 2.75) is 37.4 Å². The third kappa shape index (κ3) is 4.59. The van der Waals surface area contributed by atoms with Gasteiger partial charge in [0.2, 0.25) is 10.0 Å². The summed E-state index contributed by atoms with van der Waals surface area (Å²) in [5.74, 6) is 0.451. The van der Waals surface area contributed by atoms with Crippen LogP contribution in [-0.4, -0.2) is 19.8 Å². The fourth-order valence-electron chi connectivity index (χ4n) is 1.55. The van der Waals surface area contributed by atoms with Crippen LogP contribution in [0.5, 0.6) is 0 Å². The third-order valence-corrected chi connectivity index (χ3v) is 7.28. The number of sulfonamides is 1. The maximum absolute atomic E-state index is 12.2. The van der Waals surface area contributed by atoms with Crippen LogP contribution in [-0.2, 0) is 10.0 Å². The van der Waals surface area contributed by atoms with E-state index < -0.39 is 10.0 Å². The summed E-state index contributed by atoms with van der Waals surface area (Å²) in [6, 6.07) is 1.62. The van der Waals surface area contributed by atoms with Crippen molar-refractivity contribution >= 4 is 53.2 Å². The Kier molecular flexibility index (Phi) is 6.31. The minimum atomic E-state index is -3.41. The summed E-state index contributed by atoms with van der Waals surface area (Å²) in [5.41, 5.74) is 0.944. The van der Waals surface area contributed by atoms with E-state index in [2.05, 4.69) is 50.4 Å². The Hall–Kier alpha value is 0.570. The zero-order valence-electron chi connectivity index (χ0n) is 10.5. The van der Waals surface area contributed by atoms with Gasteiger partial charge in [0.05, 0.1) is 3.79 Å². The predicted octanol–water partition coefficient (Wildman–Crippen LogP) is 3.91. The summed E-state index contributed by atoms with van der Waals surface area (Å²) >= 11 is 7.95. The van der Waals surface area contributed by atoms with Gasteiger partial charge in [0, 0.05) is 11.4 Å². The second-order valence-electron chi connectivity index (χ2n) is 4.62. The van der Waals surface area contributed by atoms with Gasteiger partial charge >= 0.3 is 0 Å². The molecule has 3 nitrogen and oxygen atoms in total. The molecule has 0 saturated carbocycles. The summed E-state index contributed by atoms with van der Waals surface area (Å²) in [5, 5.41) is 0.621. The van der Waals surface area contributed by atoms with Crippen molar-refractivity contribution in [2.24, 2.45) is 5.92 Å². The topological polar surface area (TPSA) is 46.2 Å². The predicted molar refractivity (Wildman–Crippen MR) is 84.1 cm³/mol. The van der Waals surface area contributed by atoms with E-state index >= 15 is 0 Å². The largest absolute Gasteiger partial charge is 0.250 e. The SMILES string of the molecule is Cc1cc(S(=O)(=O)NC(CBr)CC(C)C)sc1Br. The summed E-state index contributed by atoms with van der Waals surface area (Å²) in [6.45, 7) is 6.04. The van der Waals surface area contributed by atoms with E-state index in [9.17, 15) is 8.42 Å². The normalized spacial score (nSPS) is 14.1. The van der Waals surface area contributed by atoms with Gasteiger partial charge in [-0.05, 0) is 46.8 Å². The third-order valence-electron chi connectivity index (χ3n) is 2.36. The van der Waals surface area contributed by atoms with Crippen LogP contribution in [0.15, 0.2) is 14.1 Å². The van der Waals surface area contributed by atoms with Gasteiger partial charge in [0.15, 0.2) is 0 Å². The highest BCUT2D eigenvalue weighted by Gasteiger charge is 2.22. The smallest absolute Gasteiger partial charge is 0.207 e. The number of alkyl halides is 1. The van der Waals surface area contributed by atoms with Gasteiger partial charge in [0.25, 0.3) is 0 Å². The number of hydrogen-bond donors (Lipinski definition) is 1. The van der Waals surface area contributed by atoms with Gasteiger partial charge in [-0.15, -0.1) is 11.3 Å². The van der Waals surface area contributed by atoms with E-state index in [1.807, 2.05) is 6.92 Å². The van der Waals surface area contributed by atoms with E-state index in [-0.39, 0.29) is 6.04 Å². The molecule has 0 aliphatic carbocycles. The highest BCUT2D eigenvalue weighted by Crippen LogP contribution is 2.30. The molecule has 0 aliphatic heterocycles. The van der Waals surface area contributed by atoms with Gasteiger partial charge in [-0.25, -0.2) is 13.1 Å². The van der Waals surface area contributed by atoms with E-state index in [1.165, 1.54) is 11.3 Å². The molecule has 0 spiro atoms. The van der Waals surface area contributed by atoms with Gasteiger partial charge in [-0.1, -0.05) is 29.8 Å². The Morgan fingerprint density at radius 2 is 2.06 bits per heavy atom. The minimum Gasteiger partial charge on any atom is -0.207 e. The van der Waals surface area contributed by atoms with Gasteiger partial charge in [0.1, 0.15) is 4.21 Å². The average Bonchev–Trinajstić information content (AvgIpc) is 2.58. The van der Waals surface area contributed by atoms with E-state index in [1.54, 1.807) is 6.07 Å². The molecule has 1 aromatic heterocycles. The molecule has 0 amide bonds. The lowest BCUT2D eigenvalue weighted by atomic mass is 10.1.